The van der Waals surface area contributed by atoms with Gasteiger partial charge in [0.15, 0.2) is 0 Å². The summed E-state index contributed by atoms with van der Waals surface area (Å²) in [7, 11) is -2.02. The lowest BCUT2D eigenvalue weighted by Crippen LogP contribution is -2.45. The molecule has 0 N–H and O–H groups in total. The fourth-order valence-electron chi connectivity index (χ4n) is 3.36. The third-order valence-electron chi connectivity index (χ3n) is 5.17. The molecular formula is C22H48O2Si. The molecule has 0 spiro atoms. The molecule has 0 radical (unpaired) electrons. The normalized spacial score (nSPS) is 14.9. The van der Waals surface area contributed by atoms with Crippen molar-refractivity contribution in [3.05, 3.63) is 0 Å². The zero-order chi connectivity index (χ0) is 19.2. The van der Waals surface area contributed by atoms with Gasteiger partial charge in [-0.05, 0) is 45.2 Å². The van der Waals surface area contributed by atoms with Crippen molar-refractivity contribution in [2.24, 2.45) is 5.92 Å². The van der Waals surface area contributed by atoms with Crippen LogP contribution in [0.3, 0.4) is 0 Å². The molecule has 152 valence electrons. The molecule has 2 nitrogen and oxygen atoms in total. The van der Waals surface area contributed by atoms with Crippen LogP contribution in [0.5, 0.6) is 0 Å². The number of unbranched alkanes of at least 4 members (excludes halogenated alkanes) is 7. The molecule has 0 rings (SSSR count). The summed E-state index contributed by atoms with van der Waals surface area (Å²) < 4.78 is 12.8. The molecule has 0 aliphatic rings. The molecule has 0 aromatic heterocycles. The molecular weight excluding hydrogens is 324 g/mol. The predicted molar refractivity (Wildman–Crippen MR) is 115 cm³/mol. The summed E-state index contributed by atoms with van der Waals surface area (Å²) in [5.74, 6) is 0.782. The molecule has 1 atom stereocenters. The van der Waals surface area contributed by atoms with Gasteiger partial charge in [-0.3, -0.25) is 0 Å². The maximum Gasteiger partial charge on any atom is 0.332 e. The number of rotatable bonds is 17. The first-order chi connectivity index (χ1) is 11.7. The molecule has 0 amide bonds. The monoisotopic (exact) mass is 372 g/mol. The molecule has 3 heteroatoms. The Kier molecular flexibility index (Phi) is 14.3. The van der Waals surface area contributed by atoms with Gasteiger partial charge in [0, 0.05) is 6.61 Å². The molecule has 0 aromatic carbocycles. The van der Waals surface area contributed by atoms with Crippen molar-refractivity contribution < 1.29 is 8.85 Å². The van der Waals surface area contributed by atoms with E-state index in [1.165, 1.54) is 64.2 Å². The van der Waals surface area contributed by atoms with Gasteiger partial charge in [-0.2, -0.15) is 0 Å². The predicted octanol–water partition coefficient (Wildman–Crippen LogP) is 7.86. The van der Waals surface area contributed by atoms with E-state index >= 15 is 0 Å². The van der Waals surface area contributed by atoms with Crippen molar-refractivity contribution in [3.63, 3.8) is 0 Å². The molecule has 0 aromatic rings. The molecule has 0 heterocycles. The topological polar surface area (TPSA) is 18.5 Å². The van der Waals surface area contributed by atoms with Gasteiger partial charge in [-0.15, -0.1) is 0 Å². The molecule has 0 aliphatic carbocycles. The molecule has 25 heavy (non-hydrogen) atoms. The van der Waals surface area contributed by atoms with Crippen LogP contribution in [0, 0.1) is 5.92 Å². The van der Waals surface area contributed by atoms with Crippen LogP contribution in [0.2, 0.25) is 13.1 Å². The van der Waals surface area contributed by atoms with Crippen LogP contribution in [0.25, 0.3) is 0 Å². The molecule has 0 fully saturated rings. The van der Waals surface area contributed by atoms with Gasteiger partial charge >= 0.3 is 8.56 Å². The molecule has 1 unspecified atom stereocenters. The van der Waals surface area contributed by atoms with Crippen LogP contribution in [0.4, 0.5) is 0 Å². The van der Waals surface area contributed by atoms with Crippen molar-refractivity contribution in [2.45, 2.75) is 130 Å². The van der Waals surface area contributed by atoms with Crippen LogP contribution in [-0.4, -0.2) is 20.8 Å². The Morgan fingerprint density at radius 2 is 1.40 bits per heavy atom. The van der Waals surface area contributed by atoms with Crippen LogP contribution in [-0.2, 0) is 8.85 Å². The standard InChI is InChI=1S/C22H48O2Si/c1-8-10-11-12-13-14-15-16-20-23-25(6,7)24-22(5,9-2)19-17-18-21(3)4/h21H,8-20H2,1-7H3. The van der Waals surface area contributed by atoms with E-state index in [2.05, 4.69) is 47.7 Å². The van der Waals surface area contributed by atoms with Gasteiger partial charge in [-0.25, -0.2) is 0 Å². The number of hydrogen-bond donors (Lipinski definition) is 0. The van der Waals surface area contributed by atoms with Crippen molar-refractivity contribution in [1.82, 2.24) is 0 Å². The SMILES string of the molecule is CCCCCCCCCCO[Si](C)(C)OC(C)(CC)CCCC(C)C. The Morgan fingerprint density at radius 3 is 1.92 bits per heavy atom. The minimum Gasteiger partial charge on any atom is -0.394 e. The van der Waals surface area contributed by atoms with Crippen molar-refractivity contribution in [1.29, 1.82) is 0 Å². The van der Waals surface area contributed by atoms with E-state index in [-0.39, 0.29) is 5.60 Å². The maximum absolute atomic E-state index is 6.55. The summed E-state index contributed by atoms with van der Waals surface area (Å²) in [6.07, 6.45) is 15.6. The zero-order valence-corrected chi connectivity index (χ0v) is 19.6. The van der Waals surface area contributed by atoms with Gasteiger partial charge < -0.3 is 8.85 Å². The Morgan fingerprint density at radius 1 is 0.840 bits per heavy atom. The zero-order valence-electron chi connectivity index (χ0n) is 18.6. The Labute approximate surface area is 160 Å². The first kappa shape index (κ1) is 25.1. The smallest absolute Gasteiger partial charge is 0.332 e. The first-order valence-corrected chi connectivity index (χ1v) is 13.9. The van der Waals surface area contributed by atoms with Gasteiger partial charge in [0.1, 0.15) is 0 Å². The highest BCUT2D eigenvalue weighted by Gasteiger charge is 2.34. The van der Waals surface area contributed by atoms with Crippen molar-refractivity contribution >= 4 is 8.56 Å². The second-order valence-electron chi connectivity index (χ2n) is 8.91. The van der Waals surface area contributed by atoms with E-state index in [1.54, 1.807) is 0 Å². The number of hydrogen-bond acceptors (Lipinski definition) is 2. The lowest BCUT2D eigenvalue weighted by atomic mass is 9.94. The minimum atomic E-state index is -2.02. The average molecular weight is 373 g/mol. The summed E-state index contributed by atoms with van der Waals surface area (Å²) in [4.78, 5) is 0. The van der Waals surface area contributed by atoms with Crippen LogP contribution < -0.4 is 0 Å². The fraction of sp³-hybridized carbons (Fsp3) is 1.00. The first-order valence-electron chi connectivity index (χ1n) is 11.1. The highest BCUT2D eigenvalue weighted by Crippen LogP contribution is 2.28. The lowest BCUT2D eigenvalue weighted by molar-refractivity contribution is 0.0257. The second-order valence-corrected chi connectivity index (χ2v) is 12.2. The third-order valence-corrected chi connectivity index (χ3v) is 7.06. The van der Waals surface area contributed by atoms with Crippen molar-refractivity contribution in [3.8, 4) is 0 Å². The van der Waals surface area contributed by atoms with Gasteiger partial charge in [0.05, 0.1) is 5.60 Å². The Bertz CT molecular complexity index is 304. The van der Waals surface area contributed by atoms with E-state index in [9.17, 15) is 0 Å². The van der Waals surface area contributed by atoms with E-state index in [4.69, 9.17) is 8.85 Å². The van der Waals surface area contributed by atoms with Crippen molar-refractivity contribution in [2.75, 3.05) is 6.61 Å². The minimum absolute atomic E-state index is 0.0100. The summed E-state index contributed by atoms with van der Waals surface area (Å²) in [6, 6.07) is 0. The van der Waals surface area contributed by atoms with Crippen LogP contribution >= 0.6 is 0 Å². The van der Waals surface area contributed by atoms with E-state index in [0.29, 0.717) is 0 Å². The molecule has 0 aliphatic heterocycles. The van der Waals surface area contributed by atoms with Gasteiger partial charge in [-0.1, -0.05) is 85.5 Å². The van der Waals surface area contributed by atoms with E-state index < -0.39 is 8.56 Å². The molecule has 0 bridgehead atoms. The highest BCUT2D eigenvalue weighted by molar-refractivity contribution is 6.64. The van der Waals surface area contributed by atoms with E-state index in [0.717, 1.165) is 25.4 Å². The van der Waals surface area contributed by atoms with Gasteiger partial charge in [0.2, 0.25) is 0 Å². The quantitative estimate of drug-likeness (QED) is 0.191. The van der Waals surface area contributed by atoms with E-state index in [1.807, 2.05) is 0 Å². The second kappa shape index (κ2) is 14.2. The Balaban J connectivity index is 3.92. The third kappa shape index (κ3) is 14.9. The Hall–Kier alpha value is 0.137. The molecule has 0 saturated heterocycles. The average Bonchev–Trinajstić information content (AvgIpc) is 2.52. The summed E-state index contributed by atoms with van der Waals surface area (Å²) >= 11 is 0. The van der Waals surface area contributed by atoms with Crippen LogP contribution in [0.15, 0.2) is 0 Å². The molecule has 0 saturated carbocycles. The van der Waals surface area contributed by atoms with Crippen LogP contribution in [0.1, 0.15) is 112 Å². The maximum atomic E-state index is 6.55. The largest absolute Gasteiger partial charge is 0.394 e. The fourth-order valence-corrected chi connectivity index (χ4v) is 5.49. The summed E-state index contributed by atoms with van der Waals surface area (Å²) in [6.45, 7) is 16.7. The highest BCUT2D eigenvalue weighted by atomic mass is 28.4. The lowest BCUT2D eigenvalue weighted by Gasteiger charge is -2.37. The summed E-state index contributed by atoms with van der Waals surface area (Å²) in [5, 5.41) is 0. The van der Waals surface area contributed by atoms with Gasteiger partial charge in [0.25, 0.3) is 0 Å². The summed E-state index contributed by atoms with van der Waals surface area (Å²) in [5.41, 5.74) is -0.0100.